The fourth-order valence-corrected chi connectivity index (χ4v) is 2.35. The van der Waals surface area contributed by atoms with Crippen LogP contribution in [0.5, 0.6) is 0 Å². The third-order valence-corrected chi connectivity index (χ3v) is 3.50. The largest absolute Gasteiger partial charge is 0.317 e. The van der Waals surface area contributed by atoms with Gasteiger partial charge in [0.15, 0.2) is 0 Å². The fourth-order valence-electron chi connectivity index (χ4n) is 1.85. The van der Waals surface area contributed by atoms with E-state index in [4.69, 9.17) is 23.2 Å². The summed E-state index contributed by atoms with van der Waals surface area (Å²) in [6.45, 7) is 4.45. The van der Waals surface area contributed by atoms with Gasteiger partial charge in [0, 0.05) is 16.1 Å². The number of hydrogen-bond acceptors (Lipinski definition) is 1. The predicted octanol–water partition coefficient (Wildman–Crippen LogP) is 4.17. The average Bonchev–Trinajstić information content (AvgIpc) is 2.21. The topological polar surface area (TPSA) is 12.0 Å². The molecule has 0 bridgehead atoms. The van der Waals surface area contributed by atoms with Gasteiger partial charge in [-0.1, -0.05) is 43.1 Å². The highest BCUT2D eigenvalue weighted by Gasteiger charge is 2.11. The van der Waals surface area contributed by atoms with Crippen LogP contribution >= 0.6 is 23.2 Å². The van der Waals surface area contributed by atoms with Crippen molar-refractivity contribution in [3.63, 3.8) is 0 Å². The number of aryl methyl sites for hydroxylation is 1. The van der Waals surface area contributed by atoms with Crippen molar-refractivity contribution >= 4 is 23.2 Å². The van der Waals surface area contributed by atoms with E-state index in [1.807, 2.05) is 25.2 Å². The molecule has 1 atom stereocenters. The zero-order chi connectivity index (χ0) is 12.1. The third kappa shape index (κ3) is 3.97. The molecule has 0 aliphatic carbocycles. The van der Waals surface area contributed by atoms with Gasteiger partial charge in [-0.3, -0.25) is 0 Å². The molecule has 16 heavy (non-hydrogen) atoms. The normalized spacial score (nSPS) is 13.1. The van der Waals surface area contributed by atoms with Crippen LogP contribution in [0.4, 0.5) is 0 Å². The highest BCUT2D eigenvalue weighted by molar-refractivity contribution is 6.35. The van der Waals surface area contributed by atoms with Gasteiger partial charge in [0.25, 0.3) is 0 Å². The van der Waals surface area contributed by atoms with Gasteiger partial charge in [0.05, 0.1) is 0 Å². The number of halogens is 2. The van der Waals surface area contributed by atoms with Crippen LogP contribution in [-0.2, 0) is 6.42 Å². The lowest BCUT2D eigenvalue weighted by Gasteiger charge is -2.20. The standard InChI is InChI=1S/C13H19Cl2N/c1-9(2)13(16-3)7-5-10-4-6-11(14)8-12(10)15/h4,6,8-9,13,16H,5,7H2,1-3H3. The smallest absolute Gasteiger partial charge is 0.0452 e. The second-order valence-corrected chi connectivity index (χ2v) is 5.26. The van der Waals surface area contributed by atoms with Gasteiger partial charge in [-0.2, -0.15) is 0 Å². The highest BCUT2D eigenvalue weighted by atomic mass is 35.5. The summed E-state index contributed by atoms with van der Waals surface area (Å²) in [6, 6.07) is 6.25. The lowest BCUT2D eigenvalue weighted by Crippen LogP contribution is -2.31. The number of benzene rings is 1. The molecule has 3 heteroatoms. The summed E-state index contributed by atoms with van der Waals surface area (Å²) in [6.07, 6.45) is 2.08. The van der Waals surface area contributed by atoms with Gasteiger partial charge in [-0.15, -0.1) is 0 Å². The molecule has 0 aliphatic rings. The van der Waals surface area contributed by atoms with Gasteiger partial charge in [-0.25, -0.2) is 0 Å². The molecule has 0 fully saturated rings. The lowest BCUT2D eigenvalue weighted by molar-refractivity contribution is 0.403. The van der Waals surface area contributed by atoms with Crippen LogP contribution in [0, 0.1) is 5.92 Å². The van der Waals surface area contributed by atoms with Crippen molar-refractivity contribution in [1.29, 1.82) is 0 Å². The fraction of sp³-hybridized carbons (Fsp3) is 0.538. The molecular formula is C13H19Cl2N. The Hall–Kier alpha value is -0.240. The molecule has 1 nitrogen and oxygen atoms in total. The molecule has 1 aromatic carbocycles. The maximum Gasteiger partial charge on any atom is 0.0452 e. The molecule has 0 saturated heterocycles. The summed E-state index contributed by atoms with van der Waals surface area (Å²) in [5, 5.41) is 4.80. The SMILES string of the molecule is CNC(CCc1ccc(Cl)cc1Cl)C(C)C. The Kier molecular flexibility index (Phi) is 5.60. The zero-order valence-corrected chi connectivity index (χ0v) is 11.6. The Morgan fingerprint density at radius 3 is 2.44 bits per heavy atom. The Morgan fingerprint density at radius 1 is 1.25 bits per heavy atom. The molecule has 0 aliphatic heterocycles. The summed E-state index contributed by atoms with van der Waals surface area (Å²) in [4.78, 5) is 0. The molecule has 1 N–H and O–H groups in total. The van der Waals surface area contributed by atoms with Crippen LogP contribution in [0.15, 0.2) is 18.2 Å². The molecule has 0 aromatic heterocycles. The number of hydrogen-bond donors (Lipinski definition) is 1. The minimum Gasteiger partial charge on any atom is -0.317 e. The van der Waals surface area contributed by atoms with E-state index in [1.165, 1.54) is 5.56 Å². The molecule has 0 radical (unpaired) electrons. The average molecular weight is 260 g/mol. The molecular weight excluding hydrogens is 241 g/mol. The number of rotatable bonds is 5. The monoisotopic (exact) mass is 259 g/mol. The molecule has 90 valence electrons. The second-order valence-electron chi connectivity index (χ2n) is 4.41. The zero-order valence-electron chi connectivity index (χ0n) is 10.1. The van der Waals surface area contributed by atoms with Crippen molar-refractivity contribution < 1.29 is 0 Å². The molecule has 1 aromatic rings. The lowest BCUT2D eigenvalue weighted by atomic mass is 9.97. The first-order valence-electron chi connectivity index (χ1n) is 5.65. The number of nitrogens with one attached hydrogen (secondary N) is 1. The molecule has 1 unspecified atom stereocenters. The van der Waals surface area contributed by atoms with E-state index in [0.29, 0.717) is 17.0 Å². The van der Waals surface area contributed by atoms with Crippen molar-refractivity contribution in [2.45, 2.75) is 32.7 Å². The molecule has 0 spiro atoms. The van der Waals surface area contributed by atoms with E-state index in [2.05, 4.69) is 19.2 Å². The van der Waals surface area contributed by atoms with Crippen LogP contribution in [0.1, 0.15) is 25.8 Å². The molecule has 1 rings (SSSR count). The molecule has 0 heterocycles. The Balaban J connectivity index is 2.60. The van der Waals surface area contributed by atoms with E-state index in [1.54, 1.807) is 0 Å². The van der Waals surface area contributed by atoms with E-state index < -0.39 is 0 Å². The molecule has 0 saturated carbocycles. The summed E-state index contributed by atoms with van der Waals surface area (Å²) in [5.41, 5.74) is 1.17. The molecule has 0 amide bonds. The minimum absolute atomic E-state index is 0.534. The van der Waals surface area contributed by atoms with E-state index >= 15 is 0 Å². The van der Waals surface area contributed by atoms with E-state index in [0.717, 1.165) is 17.9 Å². The first kappa shape index (κ1) is 13.8. The minimum atomic E-state index is 0.534. The van der Waals surface area contributed by atoms with Crippen LogP contribution in [0.2, 0.25) is 10.0 Å². The van der Waals surface area contributed by atoms with E-state index in [-0.39, 0.29) is 0 Å². The second kappa shape index (κ2) is 6.48. The van der Waals surface area contributed by atoms with Crippen molar-refractivity contribution in [3.05, 3.63) is 33.8 Å². The first-order chi connectivity index (χ1) is 7.54. The van der Waals surface area contributed by atoms with Crippen LogP contribution < -0.4 is 5.32 Å². The predicted molar refractivity (Wildman–Crippen MR) is 72.5 cm³/mol. The summed E-state index contributed by atoms with van der Waals surface area (Å²) < 4.78 is 0. The third-order valence-electron chi connectivity index (χ3n) is 2.92. The maximum absolute atomic E-state index is 6.13. The Bertz CT molecular complexity index is 337. The Morgan fingerprint density at radius 2 is 1.94 bits per heavy atom. The summed E-state index contributed by atoms with van der Waals surface area (Å²) in [7, 11) is 2.01. The Labute approximate surface area is 108 Å². The quantitative estimate of drug-likeness (QED) is 0.837. The highest BCUT2D eigenvalue weighted by Crippen LogP contribution is 2.23. The van der Waals surface area contributed by atoms with Crippen molar-refractivity contribution in [3.8, 4) is 0 Å². The maximum atomic E-state index is 6.13. The van der Waals surface area contributed by atoms with Gasteiger partial charge in [0.1, 0.15) is 0 Å². The summed E-state index contributed by atoms with van der Waals surface area (Å²) in [5.74, 6) is 0.635. The van der Waals surface area contributed by atoms with Gasteiger partial charge in [0.2, 0.25) is 0 Å². The van der Waals surface area contributed by atoms with Crippen LogP contribution in [0.3, 0.4) is 0 Å². The first-order valence-corrected chi connectivity index (χ1v) is 6.41. The van der Waals surface area contributed by atoms with Crippen molar-refractivity contribution in [2.24, 2.45) is 5.92 Å². The van der Waals surface area contributed by atoms with E-state index in [9.17, 15) is 0 Å². The van der Waals surface area contributed by atoms with Gasteiger partial charge >= 0.3 is 0 Å². The summed E-state index contributed by atoms with van der Waals surface area (Å²) >= 11 is 12.0. The van der Waals surface area contributed by atoms with Gasteiger partial charge in [-0.05, 0) is 43.5 Å². The van der Waals surface area contributed by atoms with Gasteiger partial charge < -0.3 is 5.32 Å². The van der Waals surface area contributed by atoms with Crippen molar-refractivity contribution in [1.82, 2.24) is 5.32 Å². The van der Waals surface area contributed by atoms with Crippen molar-refractivity contribution in [2.75, 3.05) is 7.05 Å². The van der Waals surface area contributed by atoms with Crippen LogP contribution in [0.25, 0.3) is 0 Å². The van der Waals surface area contributed by atoms with Crippen LogP contribution in [-0.4, -0.2) is 13.1 Å².